The molecule has 0 atom stereocenters. The number of ether oxygens (including phenoxy) is 1. The lowest BCUT2D eigenvalue weighted by Gasteiger charge is -2.36. The summed E-state index contributed by atoms with van der Waals surface area (Å²) in [4.78, 5) is 24.2. The van der Waals surface area contributed by atoms with Crippen molar-refractivity contribution in [3.05, 3.63) is 46.1 Å². The van der Waals surface area contributed by atoms with Gasteiger partial charge in [0.2, 0.25) is 11.8 Å². The van der Waals surface area contributed by atoms with Gasteiger partial charge in [0.05, 0.1) is 4.92 Å². The Bertz CT molecular complexity index is 1080. The van der Waals surface area contributed by atoms with E-state index in [2.05, 4.69) is 42.2 Å². The Morgan fingerprint density at radius 1 is 1.11 bits per heavy atom. The Balaban J connectivity index is 1.33. The Morgan fingerprint density at radius 2 is 1.87 bits per heavy atom. The highest BCUT2D eigenvalue weighted by Gasteiger charge is 2.32. The minimum Gasteiger partial charge on any atom is -0.405 e. The van der Waals surface area contributed by atoms with Gasteiger partial charge < -0.3 is 20.3 Å². The summed E-state index contributed by atoms with van der Waals surface area (Å²) in [6.45, 7) is 4.95. The minimum atomic E-state index is -4.82. The highest BCUT2D eigenvalue weighted by molar-refractivity contribution is 5.57. The maximum atomic E-state index is 12.7. The van der Waals surface area contributed by atoms with Crippen LogP contribution in [0.2, 0.25) is 0 Å². The van der Waals surface area contributed by atoms with Gasteiger partial charge >= 0.3 is 12.0 Å². The van der Waals surface area contributed by atoms with Crippen LogP contribution in [0.25, 0.3) is 0 Å². The quantitative estimate of drug-likeness (QED) is 0.353. The van der Waals surface area contributed by atoms with E-state index in [4.69, 9.17) is 0 Å². The molecule has 2 fully saturated rings. The van der Waals surface area contributed by atoms with E-state index in [1.807, 2.05) is 0 Å². The van der Waals surface area contributed by atoms with Gasteiger partial charge in [0, 0.05) is 37.8 Å². The number of hydrogen-bond acceptors (Lipinski definition) is 9. The zero-order chi connectivity index (χ0) is 27.1. The third-order valence-electron chi connectivity index (χ3n) is 7.25. The number of hydrogen-bond donors (Lipinski definition) is 2. The molecule has 0 radical (unpaired) electrons. The first kappa shape index (κ1) is 27.8. The van der Waals surface area contributed by atoms with Gasteiger partial charge in [-0.3, -0.25) is 15.0 Å². The average Bonchev–Trinajstić information content (AvgIpc) is 3.10. The normalized spacial score (nSPS) is 21.5. The van der Waals surface area contributed by atoms with Crippen LogP contribution < -0.4 is 15.4 Å². The van der Waals surface area contributed by atoms with Crippen LogP contribution in [0.3, 0.4) is 0 Å². The number of anilines is 2. The number of halogens is 3. The molecule has 0 spiro atoms. The van der Waals surface area contributed by atoms with E-state index >= 15 is 0 Å². The summed E-state index contributed by atoms with van der Waals surface area (Å²) in [5.41, 5.74) is -0.00664. The predicted octanol–water partition coefficient (Wildman–Crippen LogP) is 4.50. The summed E-state index contributed by atoms with van der Waals surface area (Å²) in [5, 5.41) is 17.5. The third-order valence-corrected chi connectivity index (χ3v) is 7.25. The number of benzene rings is 1. The fourth-order valence-electron chi connectivity index (χ4n) is 5.16. The van der Waals surface area contributed by atoms with Crippen LogP contribution in [0, 0.1) is 16.0 Å². The first-order valence-corrected chi connectivity index (χ1v) is 12.9. The van der Waals surface area contributed by atoms with Crippen LogP contribution in [0.4, 0.5) is 30.6 Å². The summed E-state index contributed by atoms with van der Waals surface area (Å²) in [6.07, 6.45) is 1.74. The van der Waals surface area contributed by atoms with E-state index in [1.165, 1.54) is 24.6 Å². The summed E-state index contributed by atoms with van der Waals surface area (Å²) in [5.74, 6) is 0.189. The molecule has 1 saturated carbocycles. The molecule has 1 aliphatic carbocycles. The molecule has 1 aromatic heterocycles. The topological polar surface area (TPSA) is 109 Å². The van der Waals surface area contributed by atoms with Gasteiger partial charge in [-0.1, -0.05) is 18.2 Å². The van der Waals surface area contributed by atoms with Crippen LogP contribution in [0.15, 0.2) is 30.5 Å². The lowest BCUT2D eigenvalue weighted by molar-refractivity contribution is -0.384. The van der Waals surface area contributed by atoms with Crippen molar-refractivity contribution >= 4 is 17.5 Å². The van der Waals surface area contributed by atoms with Crippen LogP contribution in [-0.2, 0) is 6.54 Å². The van der Waals surface area contributed by atoms with Crippen molar-refractivity contribution in [2.75, 3.05) is 50.4 Å². The van der Waals surface area contributed by atoms with Gasteiger partial charge in [-0.15, -0.1) is 13.2 Å². The fraction of sp³-hybridized carbons (Fsp3) is 0.600. The average molecular weight is 538 g/mol. The summed E-state index contributed by atoms with van der Waals surface area (Å²) in [6, 6.07) is 6.32. The van der Waals surface area contributed by atoms with Crippen LogP contribution >= 0.6 is 0 Å². The number of rotatable bonds is 9. The molecular weight excluding hydrogens is 503 g/mol. The van der Waals surface area contributed by atoms with Crippen LogP contribution in [0.1, 0.15) is 37.7 Å². The second kappa shape index (κ2) is 12.6. The highest BCUT2D eigenvalue weighted by Crippen LogP contribution is 2.30. The molecule has 0 unspecified atom stereocenters. The van der Waals surface area contributed by atoms with Gasteiger partial charge in [0.15, 0.2) is 0 Å². The van der Waals surface area contributed by atoms with Crippen LogP contribution in [-0.4, -0.2) is 76.9 Å². The SMILES string of the molecule is CN1CCCN([C@H]2CC[C@H](CNc3nc(NCc4ccccc4OC(F)(F)F)ncc3[N+](=O)[O-])CC2)CC1. The Hall–Kier alpha value is -3.19. The molecule has 10 nitrogen and oxygen atoms in total. The number of likely N-dealkylation sites (N-methyl/N-ethyl adjacent to an activating group) is 1. The van der Waals surface area contributed by atoms with Gasteiger partial charge in [-0.25, -0.2) is 4.98 Å². The van der Waals surface area contributed by atoms with E-state index in [-0.39, 0.29) is 35.3 Å². The predicted molar refractivity (Wildman–Crippen MR) is 137 cm³/mol. The molecule has 4 rings (SSSR count). The van der Waals surface area contributed by atoms with Crippen molar-refractivity contribution in [1.82, 2.24) is 19.8 Å². The van der Waals surface area contributed by atoms with Crippen molar-refractivity contribution in [2.24, 2.45) is 5.92 Å². The molecule has 1 aromatic carbocycles. The van der Waals surface area contributed by atoms with E-state index in [1.54, 1.807) is 6.07 Å². The summed E-state index contributed by atoms with van der Waals surface area (Å²) in [7, 11) is 2.17. The first-order valence-electron chi connectivity index (χ1n) is 12.9. The molecule has 38 heavy (non-hydrogen) atoms. The zero-order valence-corrected chi connectivity index (χ0v) is 21.4. The molecule has 208 valence electrons. The molecule has 0 amide bonds. The first-order chi connectivity index (χ1) is 18.2. The molecule has 2 N–H and O–H groups in total. The van der Waals surface area contributed by atoms with Gasteiger partial charge in [-0.05, 0) is 64.2 Å². The van der Waals surface area contributed by atoms with E-state index in [9.17, 15) is 23.3 Å². The van der Waals surface area contributed by atoms with E-state index in [0.29, 0.717) is 18.5 Å². The molecule has 0 bridgehead atoms. The molecule has 2 heterocycles. The number of aromatic nitrogens is 2. The van der Waals surface area contributed by atoms with Crippen molar-refractivity contribution < 1.29 is 22.8 Å². The number of para-hydroxylation sites is 1. The molecule has 1 saturated heterocycles. The molecular formula is C25H34F3N7O3. The van der Waals surface area contributed by atoms with Gasteiger partial charge in [0.1, 0.15) is 11.9 Å². The minimum absolute atomic E-state index is 0.0557. The lowest BCUT2D eigenvalue weighted by Crippen LogP contribution is -2.41. The summed E-state index contributed by atoms with van der Waals surface area (Å²) >= 11 is 0. The summed E-state index contributed by atoms with van der Waals surface area (Å²) < 4.78 is 42.2. The Labute approximate surface area is 219 Å². The maximum Gasteiger partial charge on any atom is 0.573 e. The van der Waals surface area contributed by atoms with Crippen molar-refractivity contribution in [3.8, 4) is 5.75 Å². The van der Waals surface area contributed by atoms with Gasteiger partial charge in [-0.2, -0.15) is 4.98 Å². The van der Waals surface area contributed by atoms with Crippen LogP contribution in [0.5, 0.6) is 5.75 Å². The lowest BCUT2D eigenvalue weighted by atomic mass is 9.85. The largest absolute Gasteiger partial charge is 0.573 e. The second-order valence-corrected chi connectivity index (χ2v) is 9.94. The second-order valence-electron chi connectivity index (χ2n) is 9.94. The Morgan fingerprint density at radius 3 is 2.61 bits per heavy atom. The van der Waals surface area contributed by atoms with Gasteiger partial charge in [0.25, 0.3) is 0 Å². The monoisotopic (exact) mass is 537 g/mol. The fourth-order valence-corrected chi connectivity index (χ4v) is 5.16. The molecule has 1 aliphatic heterocycles. The number of nitro groups is 1. The van der Waals surface area contributed by atoms with E-state index in [0.717, 1.165) is 58.1 Å². The molecule has 2 aliphatic rings. The maximum absolute atomic E-state index is 12.7. The van der Waals surface area contributed by atoms with E-state index < -0.39 is 11.3 Å². The van der Waals surface area contributed by atoms with Crippen molar-refractivity contribution in [3.63, 3.8) is 0 Å². The molecule has 13 heteroatoms. The Kier molecular flexibility index (Phi) is 9.21. The van der Waals surface area contributed by atoms with Crippen molar-refractivity contribution in [1.29, 1.82) is 0 Å². The highest BCUT2D eigenvalue weighted by atomic mass is 19.4. The molecule has 2 aromatic rings. The smallest absolute Gasteiger partial charge is 0.405 e. The number of nitrogens with one attached hydrogen (secondary N) is 2. The van der Waals surface area contributed by atoms with Crippen molar-refractivity contribution in [2.45, 2.75) is 51.1 Å². The number of alkyl halides is 3. The zero-order valence-electron chi connectivity index (χ0n) is 21.4. The standard InChI is InChI=1S/C25H34F3N7O3/c1-33-11-4-12-34(14-13-33)20-9-7-18(8-10-20)15-29-23-21(35(36)37)17-31-24(32-23)30-16-19-5-2-3-6-22(19)38-25(26,27)28/h2-3,5-6,17-18,20H,4,7-16H2,1H3,(H2,29,30,31,32)/t18-,20-. The third kappa shape index (κ3) is 7.90. The number of nitrogens with zero attached hydrogens (tertiary/aromatic N) is 5.